The van der Waals surface area contributed by atoms with Gasteiger partial charge in [0.15, 0.2) is 0 Å². The third kappa shape index (κ3) is 2.99. The third-order valence-electron chi connectivity index (χ3n) is 3.72. The van der Waals surface area contributed by atoms with Crippen molar-refractivity contribution in [1.82, 2.24) is 4.98 Å². The molecule has 0 saturated heterocycles. The molecule has 0 bridgehead atoms. The van der Waals surface area contributed by atoms with E-state index < -0.39 is 5.92 Å². The first kappa shape index (κ1) is 13.9. The van der Waals surface area contributed by atoms with E-state index in [0.717, 1.165) is 12.5 Å². The van der Waals surface area contributed by atoms with Crippen LogP contribution < -0.4 is 0 Å². The minimum atomic E-state index is -2.90. The lowest BCUT2D eigenvalue weighted by Crippen LogP contribution is -2.08. The quantitative estimate of drug-likeness (QED) is 0.785. The van der Waals surface area contributed by atoms with E-state index >= 15 is 0 Å². The van der Waals surface area contributed by atoms with Crippen molar-refractivity contribution >= 4 is 5.78 Å². The number of hydrogen-bond acceptors (Lipinski definition) is 2. The molecule has 2 aromatic rings. The number of halogens is 2. The smallest absolute Gasteiger partial charge is 0.270 e. The maximum Gasteiger partial charge on any atom is 0.270 e. The summed E-state index contributed by atoms with van der Waals surface area (Å²) in [6.07, 6.45) is 4.10. The zero-order valence-corrected chi connectivity index (χ0v) is 11.6. The molecule has 1 fully saturated rings. The molecule has 0 spiro atoms. The number of nitrogens with zero attached hydrogens (tertiary/aromatic N) is 1. The van der Waals surface area contributed by atoms with Crippen molar-refractivity contribution in [2.75, 3.05) is 0 Å². The standard InChI is InChI=1S/C17H15F2NO/c1-17(18,19)14-7-4-12(5-8-14)16(21)15-9-6-13(10-20-15)11-2-3-11/h4-11H,2-3H2,1H3. The van der Waals surface area contributed by atoms with Gasteiger partial charge < -0.3 is 0 Å². The number of hydrogen-bond donors (Lipinski definition) is 0. The van der Waals surface area contributed by atoms with Crippen molar-refractivity contribution in [3.8, 4) is 0 Å². The van der Waals surface area contributed by atoms with E-state index in [1.54, 1.807) is 12.3 Å². The number of benzene rings is 1. The molecule has 1 aliphatic carbocycles. The van der Waals surface area contributed by atoms with E-state index in [4.69, 9.17) is 0 Å². The average Bonchev–Trinajstić information content (AvgIpc) is 3.31. The molecule has 1 saturated carbocycles. The fraction of sp³-hybridized carbons (Fsp3) is 0.294. The molecule has 2 nitrogen and oxygen atoms in total. The van der Waals surface area contributed by atoms with E-state index in [2.05, 4.69) is 4.98 Å². The third-order valence-corrected chi connectivity index (χ3v) is 3.72. The van der Waals surface area contributed by atoms with E-state index in [1.807, 2.05) is 6.07 Å². The number of carbonyl (C=O) groups excluding carboxylic acids is 1. The van der Waals surface area contributed by atoms with E-state index in [9.17, 15) is 13.6 Å². The topological polar surface area (TPSA) is 30.0 Å². The summed E-state index contributed by atoms with van der Waals surface area (Å²) in [5, 5.41) is 0. The molecule has 0 amide bonds. The van der Waals surface area contributed by atoms with Gasteiger partial charge in [0.25, 0.3) is 5.92 Å². The van der Waals surface area contributed by atoms with Gasteiger partial charge in [-0.2, -0.15) is 0 Å². The van der Waals surface area contributed by atoms with Crippen LogP contribution in [0.4, 0.5) is 8.78 Å². The minimum Gasteiger partial charge on any atom is -0.287 e. The molecule has 4 heteroatoms. The Labute approximate surface area is 121 Å². The zero-order valence-electron chi connectivity index (χ0n) is 11.6. The second kappa shape index (κ2) is 5.02. The summed E-state index contributed by atoms with van der Waals surface area (Å²) < 4.78 is 26.3. The molecule has 0 N–H and O–H groups in total. The van der Waals surface area contributed by atoms with Gasteiger partial charge in [0.1, 0.15) is 5.69 Å². The van der Waals surface area contributed by atoms with E-state index in [1.165, 1.54) is 37.1 Å². The second-order valence-electron chi connectivity index (χ2n) is 5.55. The average molecular weight is 287 g/mol. The van der Waals surface area contributed by atoms with Crippen molar-refractivity contribution in [1.29, 1.82) is 0 Å². The summed E-state index contributed by atoms with van der Waals surface area (Å²) in [4.78, 5) is 16.4. The van der Waals surface area contributed by atoms with Crippen LogP contribution in [-0.2, 0) is 5.92 Å². The van der Waals surface area contributed by atoms with Crippen molar-refractivity contribution in [2.24, 2.45) is 0 Å². The Balaban J connectivity index is 1.80. The molecule has 1 heterocycles. The number of carbonyl (C=O) groups is 1. The predicted octanol–water partition coefficient (Wildman–Crippen LogP) is 4.30. The SMILES string of the molecule is CC(F)(F)c1ccc(C(=O)c2ccc(C3CC3)cn2)cc1. The highest BCUT2D eigenvalue weighted by atomic mass is 19.3. The summed E-state index contributed by atoms with van der Waals surface area (Å²) in [5.74, 6) is -2.55. The molecule has 1 aliphatic rings. The van der Waals surface area contributed by atoms with Gasteiger partial charge in [0.05, 0.1) is 0 Å². The first-order valence-electron chi connectivity index (χ1n) is 6.94. The van der Waals surface area contributed by atoms with Gasteiger partial charge >= 0.3 is 0 Å². The van der Waals surface area contributed by atoms with Gasteiger partial charge in [0, 0.05) is 24.2 Å². The highest BCUT2D eigenvalue weighted by Crippen LogP contribution is 2.39. The molecular formula is C17H15F2NO. The Hall–Kier alpha value is -2.10. The molecule has 0 unspecified atom stereocenters. The zero-order chi connectivity index (χ0) is 15.0. The molecular weight excluding hydrogens is 272 g/mol. The predicted molar refractivity (Wildman–Crippen MR) is 75.7 cm³/mol. The number of alkyl halides is 2. The van der Waals surface area contributed by atoms with Gasteiger partial charge in [0.2, 0.25) is 5.78 Å². The Morgan fingerprint density at radius 3 is 2.29 bits per heavy atom. The van der Waals surface area contributed by atoms with Crippen LogP contribution >= 0.6 is 0 Å². The summed E-state index contributed by atoms with van der Waals surface area (Å²) in [6.45, 7) is 0.835. The molecule has 21 heavy (non-hydrogen) atoms. The van der Waals surface area contributed by atoms with Crippen LogP contribution in [0.2, 0.25) is 0 Å². The van der Waals surface area contributed by atoms with Gasteiger partial charge in [-0.25, -0.2) is 8.78 Å². The van der Waals surface area contributed by atoms with Crippen LogP contribution in [0, 0.1) is 0 Å². The highest BCUT2D eigenvalue weighted by molar-refractivity contribution is 6.07. The Kier molecular flexibility index (Phi) is 3.32. The Bertz CT molecular complexity index is 653. The number of rotatable bonds is 4. The number of pyridine rings is 1. The Morgan fingerprint density at radius 1 is 1.14 bits per heavy atom. The van der Waals surface area contributed by atoms with Gasteiger partial charge in [-0.3, -0.25) is 9.78 Å². The highest BCUT2D eigenvalue weighted by Gasteiger charge is 2.25. The molecule has 3 rings (SSSR count). The largest absolute Gasteiger partial charge is 0.287 e. The summed E-state index contributed by atoms with van der Waals surface area (Å²) in [6, 6.07) is 9.04. The van der Waals surface area contributed by atoms with Crippen LogP contribution in [-0.4, -0.2) is 10.8 Å². The molecule has 0 aliphatic heterocycles. The summed E-state index contributed by atoms with van der Waals surface area (Å²) in [5.41, 5.74) is 1.77. The lowest BCUT2D eigenvalue weighted by molar-refractivity contribution is 0.0174. The summed E-state index contributed by atoms with van der Waals surface area (Å²) >= 11 is 0. The second-order valence-corrected chi connectivity index (χ2v) is 5.55. The molecule has 0 radical (unpaired) electrons. The molecule has 0 atom stereocenters. The molecule has 108 valence electrons. The lowest BCUT2D eigenvalue weighted by atomic mass is 10.0. The number of aromatic nitrogens is 1. The summed E-state index contributed by atoms with van der Waals surface area (Å²) in [7, 11) is 0. The fourth-order valence-corrected chi connectivity index (χ4v) is 2.26. The van der Waals surface area contributed by atoms with Crippen LogP contribution in [0.5, 0.6) is 0 Å². The van der Waals surface area contributed by atoms with Crippen molar-refractivity contribution in [3.05, 3.63) is 65.0 Å². The minimum absolute atomic E-state index is 0.101. The van der Waals surface area contributed by atoms with Crippen molar-refractivity contribution < 1.29 is 13.6 Å². The maximum atomic E-state index is 13.1. The fourth-order valence-electron chi connectivity index (χ4n) is 2.26. The molecule has 1 aromatic carbocycles. The Morgan fingerprint density at radius 2 is 1.81 bits per heavy atom. The van der Waals surface area contributed by atoms with E-state index in [-0.39, 0.29) is 11.3 Å². The maximum absolute atomic E-state index is 13.1. The van der Waals surface area contributed by atoms with Gasteiger partial charge in [-0.1, -0.05) is 30.3 Å². The van der Waals surface area contributed by atoms with Crippen LogP contribution in [0.15, 0.2) is 42.6 Å². The normalized spacial score (nSPS) is 15.0. The lowest BCUT2D eigenvalue weighted by Gasteiger charge is -2.10. The van der Waals surface area contributed by atoms with Crippen LogP contribution in [0.3, 0.4) is 0 Å². The van der Waals surface area contributed by atoms with Crippen molar-refractivity contribution in [3.63, 3.8) is 0 Å². The van der Waals surface area contributed by atoms with Crippen LogP contribution in [0.25, 0.3) is 0 Å². The van der Waals surface area contributed by atoms with E-state index in [0.29, 0.717) is 17.2 Å². The number of ketones is 1. The van der Waals surface area contributed by atoms with Crippen molar-refractivity contribution in [2.45, 2.75) is 31.6 Å². The van der Waals surface area contributed by atoms with Gasteiger partial charge in [-0.15, -0.1) is 0 Å². The van der Waals surface area contributed by atoms with Gasteiger partial charge in [-0.05, 0) is 30.4 Å². The van der Waals surface area contributed by atoms with Crippen LogP contribution in [0.1, 0.15) is 52.9 Å². The first-order chi connectivity index (χ1) is 9.95. The molecule has 1 aromatic heterocycles. The first-order valence-corrected chi connectivity index (χ1v) is 6.94. The monoisotopic (exact) mass is 287 g/mol.